The third-order valence-electron chi connectivity index (χ3n) is 1.82. The standard InChI is InChI=1S/C9H8N4O3S/c1-4-12-13-9(16-4)17-7-6(10)2-5(3-11-7)8(14)15/h2-3H,10H2,1H3,(H,14,15). The molecule has 17 heavy (non-hydrogen) atoms. The Bertz CT molecular complexity index is 569. The molecule has 3 N–H and O–H groups in total. The van der Waals surface area contributed by atoms with Gasteiger partial charge in [-0.2, -0.15) is 0 Å². The van der Waals surface area contributed by atoms with Gasteiger partial charge in [0.05, 0.1) is 11.3 Å². The summed E-state index contributed by atoms with van der Waals surface area (Å²) in [6.45, 7) is 1.67. The van der Waals surface area contributed by atoms with Crippen molar-refractivity contribution in [3.63, 3.8) is 0 Å². The normalized spacial score (nSPS) is 10.4. The number of nitrogens with two attached hydrogens (primary N) is 1. The number of hydrogen-bond donors (Lipinski definition) is 2. The van der Waals surface area contributed by atoms with Crippen LogP contribution in [-0.2, 0) is 0 Å². The lowest BCUT2D eigenvalue weighted by Gasteiger charge is -2.01. The molecule has 0 aromatic carbocycles. The number of carboxylic acid groups (broad SMARTS) is 1. The van der Waals surface area contributed by atoms with E-state index in [4.69, 9.17) is 15.3 Å². The van der Waals surface area contributed by atoms with Crippen molar-refractivity contribution in [2.24, 2.45) is 0 Å². The maximum atomic E-state index is 10.7. The van der Waals surface area contributed by atoms with Crippen LogP contribution in [0.15, 0.2) is 26.9 Å². The molecule has 0 spiro atoms. The van der Waals surface area contributed by atoms with Gasteiger partial charge in [-0.1, -0.05) is 0 Å². The van der Waals surface area contributed by atoms with Gasteiger partial charge in [-0.25, -0.2) is 9.78 Å². The lowest BCUT2D eigenvalue weighted by molar-refractivity contribution is 0.0696. The Labute approximate surface area is 100 Å². The summed E-state index contributed by atoms with van der Waals surface area (Å²) < 4.78 is 5.15. The summed E-state index contributed by atoms with van der Waals surface area (Å²) in [4.78, 5) is 14.6. The molecule has 2 rings (SSSR count). The van der Waals surface area contributed by atoms with E-state index in [0.29, 0.717) is 16.1 Å². The summed E-state index contributed by atoms with van der Waals surface area (Å²) in [6.07, 6.45) is 1.23. The lowest BCUT2D eigenvalue weighted by atomic mass is 10.3. The fourth-order valence-electron chi connectivity index (χ4n) is 1.07. The van der Waals surface area contributed by atoms with Gasteiger partial charge in [-0.15, -0.1) is 10.2 Å². The van der Waals surface area contributed by atoms with Gasteiger partial charge >= 0.3 is 5.97 Å². The first-order valence-corrected chi connectivity index (χ1v) is 5.34. The van der Waals surface area contributed by atoms with Gasteiger partial charge in [0.25, 0.3) is 5.22 Å². The second kappa shape index (κ2) is 4.42. The number of aryl methyl sites for hydroxylation is 1. The number of rotatable bonds is 3. The molecule has 0 bridgehead atoms. The van der Waals surface area contributed by atoms with Crippen LogP contribution in [-0.4, -0.2) is 26.3 Å². The molecule has 7 nitrogen and oxygen atoms in total. The average Bonchev–Trinajstić information content (AvgIpc) is 2.67. The summed E-state index contributed by atoms with van der Waals surface area (Å²) in [5, 5.41) is 16.9. The predicted octanol–water partition coefficient (Wildman–Crippen LogP) is 1.20. The van der Waals surface area contributed by atoms with Crippen LogP contribution in [0.1, 0.15) is 16.2 Å². The molecular weight excluding hydrogens is 244 g/mol. The van der Waals surface area contributed by atoms with Gasteiger partial charge in [0.2, 0.25) is 5.89 Å². The van der Waals surface area contributed by atoms with E-state index in [0.717, 1.165) is 11.8 Å². The molecule has 0 unspecified atom stereocenters. The van der Waals surface area contributed by atoms with Crippen LogP contribution in [0.3, 0.4) is 0 Å². The van der Waals surface area contributed by atoms with Gasteiger partial charge in [0, 0.05) is 13.1 Å². The van der Waals surface area contributed by atoms with Crippen molar-refractivity contribution in [1.29, 1.82) is 0 Å². The zero-order valence-corrected chi connectivity index (χ0v) is 9.56. The molecule has 0 amide bonds. The first kappa shape index (κ1) is 11.4. The Morgan fingerprint density at radius 2 is 2.29 bits per heavy atom. The highest BCUT2D eigenvalue weighted by atomic mass is 32.2. The number of anilines is 1. The van der Waals surface area contributed by atoms with Crippen molar-refractivity contribution < 1.29 is 14.3 Å². The summed E-state index contributed by atoms with van der Waals surface area (Å²) in [5.74, 6) is -0.636. The number of pyridine rings is 1. The summed E-state index contributed by atoms with van der Waals surface area (Å²) >= 11 is 1.09. The van der Waals surface area contributed by atoms with Crippen molar-refractivity contribution in [2.45, 2.75) is 17.2 Å². The fraction of sp³-hybridized carbons (Fsp3) is 0.111. The summed E-state index contributed by atoms with van der Waals surface area (Å²) in [5.41, 5.74) is 5.97. The molecule has 0 saturated carbocycles. The molecule has 0 aliphatic carbocycles. The number of hydrogen-bond acceptors (Lipinski definition) is 7. The van der Waals surface area contributed by atoms with Gasteiger partial charge in [0.15, 0.2) is 0 Å². The molecule has 0 fully saturated rings. The van der Waals surface area contributed by atoms with E-state index in [1.165, 1.54) is 12.3 Å². The fourth-order valence-corrected chi connectivity index (χ4v) is 1.77. The molecule has 8 heteroatoms. The molecule has 0 aliphatic heterocycles. The molecular formula is C9H8N4O3S. The van der Waals surface area contributed by atoms with Gasteiger partial charge in [-0.3, -0.25) is 0 Å². The van der Waals surface area contributed by atoms with Crippen molar-refractivity contribution >= 4 is 23.4 Å². The highest BCUT2D eigenvalue weighted by Crippen LogP contribution is 2.29. The van der Waals surface area contributed by atoms with Crippen LogP contribution in [0.25, 0.3) is 0 Å². The van der Waals surface area contributed by atoms with Crippen LogP contribution >= 0.6 is 11.8 Å². The lowest BCUT2D eigenvalue weighted by Crippen LogP contribution is -2.00. The smallest absolute Gasteiger partial charge is 0.337 e. The van der Waals surface area contributed by atoms with Crippen LogP contribution in [0.2, 0.25) is 0 Å². The highest BCUT2D eigenvalue weighted by Gasteiger charge is 2.12. The van der Waals surface area contributed by atoms with E-state index < -0.39 is 5.97 Å². The van der Waals surface area contributed by atoms with E-state index >= 15 is 0 Å². The number of carbonyl (C=O) groups is 1. The quantitative estimate of drug-likeness (QED) is 0.837. The minimum atomic E-state index is -1.07. The number of aromatic carboxylic acids is 1. The minimum absolute atomic E-state index is 0.0357. The monoisotopic (exact) mass is 252 g/mol. The number of nitrogens with zero attached hydrogens (tertiary/aromatic N) is 3. The Hall–Kier alpha value is -2.09. The Morgan fingerprint density at radius 1 is 1.53 bits per heavy atom. The first-order valence-electron chi connectivity index (χ1n) is 4.53. The number of aromatic nitrogens is 3. The first-order chi connectivity index (χ1) is 8.06. The van der Waals surface area contributed by atoms with E-state index in [2.05, 4.69) is 15.2 Å². The molecule has 2 heterocycles. The SMILES string of the molecule is Cc1nnc(Sc2ncc(C(=O)O)cc2N)o1. The average molecular weight is 252 g/mol. The van der Waals surface area contributed by atoms with E-state index in [1.54, 1.807) is 6.92 Å². The second-order valence-electron chi connectivity index (χ2n) is 3.11. The van der Waals surface area contributed by atoms with Gasteiger partial charge < -0.3 is 15.3 Å². The maximum Gasteiger partial charge on any atom is 0.337 e. The van der Waals surface area contributed by atoms with Crippen molar-refractivity contribution in [3.8, 4) is 0 Å². The summed E-state index contributed by atoms with van der Waals surface area (Å²) in [7, 11) is 0. The molecule has 0 atom stereocenters. The van der Waals surface area contributed by atoms with E-state index in [9.17, 15) is 4.79 Å². The molecule has 2 aromatic heterocycles. The topological polar surface area (TPSA) is 115 Å². The molecule has 0 aliphatic rings. The van der Waals surface area contributed by atoms with Crippen LogP contribution in [0.5, 0.6) is 0 Å². The Kier molecular flexibility index (Phi) is 2.96. The van der Waals surface area contributed by atoms with E-state index in [1.807, 2.05) is 0 Å². The number of carboxylic acids is 1. The van der Waals surface area contributed by atoms with Crippen molar-refractivity contribution in [2.75, 3.05) is 5.73 Å². The zero-order valence-electron chi connectivity index (χ0n) is 8.75. The predicted molar refractivity (Wildman–Crippen MR) is 58.8 cm³/mol. The van der Waals surface area contributed by atoms with Crippen LogP contribution in [0, 0.1) is 6.92 Å². The Balaban J connectivity index is 2.25. The Morgan fingerprint density at radius 3 is 2.82 bits per heavy atom. The minimum Gasteiger partial charge on any atom is -0.478 e. The van der Waals surface area contributed by atoms with Crippen molar-refractivity contribution in [1.82, 2.24) is 15.2 Å². The molecule has 2 aromatic rings. The molecule has 0 radical (unpaired) electrons. The van der Waals surface area contributed by atoms with Crippen LogP contribution < -0.4 is 5.73 Å². The molecule has 88 valence electrons. The van der Waals surface area contributed by atoms with E-state index in [-0.39, 0.29) is 11.3 Å². The highest BCUT2D eigenvalue weighted by molar-refractivity contribution is 7.99. The van der Waals surface area contributed by atoms with Crippen LogP contribution in [0.4, 0.5) is 5.69 Å². The third kappa shape index (κ3) is 2.53. The zero-order chi connectivity index (χ0) is 12.4. The van der Waals surface area contributed by atoms with Crippen molar-refractivity contribution in [3.05, 3.63) is 23.7 Å². The second-order valence-corrected chi connectivity index (χ2v) is 4.05. The summed E-state index contributed by atoms with van der Waals surface area (Å²) in [6, 6.07) is 1.33. The molecule has 0 saturated heterocycles. The van der Waals surface area contributed by atoms with Gasteiger partial charge in [-0.05, 0) is 17.8 Å². The number of nitrogen functional groups attached to an aromatic ring is 1. The largest absolute Gasteiger partial charge is 0.478 e. The van der Waals surface area contributed by atoms with Gasteiger partial charge in [0.1, 0.15) is 5.03 Å². The third-order valence-corrected chi connectivity index (χ3v) is 2.69. The maximum absolute atomic E-state index is 10.7.